The molecule has 3 rings (SSSR count). The average molecular weight is 316 g/mol. The average Bonchev–Trinajstić information content (AvgIpc) is 3.08. The van der Waals surface area contributed by atoms with Gasteiger partial charge in [0.25, 0.3) is 5.91 Å². The van der Waals surface area contributed by atoms with Crippen molar-refractivity contribution in [3.05, 3.63) is 58.9 Å². The van der Waals surface area contributed by atoms with Gasteiger partial charge in [-0.05, 0) is 30.5 Å². The molecule has 0 bridgehead atoms. The zero-order valence-electron chi connectivity index (χ0n) is 12.3. The van der Waals surface area contributed by atoms with Crippen molar-refractivity contribution in [1.29, 1.82) is 0 Å². The van der Waals surface area contributed by atoms with Crippen molar-refractivity contribution in [2.45, 2.75) is 38.3 Å². The molecule has 0 aliphatic heterocycles. The maximum atomic E-state index is 12.9. The summed E-state index contributed by atoms with van der Waals surface area (Å²) in [6.07, 6.45) is 7.52. The molecule has 1 amide bonds. The molecule has 1 aliphatic rings. The van der Waals surface area contributed by atoms with Gasteiger partial charge < -0.3 is 4.90 Å². The molecule has 5 heteroatoms. The number of halogens is 1. The number of hydrogen-bond donors (Lipinski definition) is 0. The first-order valence-electron chi connectivity index (χ1n) is 7.57. The van der Waals surface area contributed by atoms with Gasteiger partial charge in [-0.2, -0.15) is 10.2 Å². The molecule has 1 heterocycles. The Kier molecular flexibility index (Phi) is 4.68. The van der Waals surface area contributed by atoms with E-state index in [1.807, 2.05) is 29.2 Å². The summed E-state index contributed by atoms with van der Waals surface area (Å²) in [5, 5.41) is 8.26. The van der Waals surface area contributed by atoms with Gasteiger partial charge in [-0.15, -0.1) is 0 Å². The highest BCUT2D eigenvalue weighted by Crippen LogP contribution is 2.28. The second kappa shape index (κ2) is 6.88. The standard InChI is InChI=1S/C17H18ClN3O/c18-16-8-4-1-5-14(16)12-21(15-6-2-3-7-15)17(22)13-9-10-19-20-11-13/h1,4-5,8-11,15H,2-3,6-7,12H2. The Morgan fingerprint density at radius 1 is 1.18 bits per heavy atom. The predicted molar refractivity (Wildman–Crippen MR) is 85.6 cm³/mol. The van der Waals surface area contributed by atoms with Crippen LogP contribution in [-0.4, -0.2) is 27.0 Å². The van der Waals surface area contributed by atoms with Crippen LogP contribution in [0.3, 0.4) is 0 Å². The van der Waals surface area contributed by atoms with Gasteiger partial charge in [0.15, 0.2) is 0 Å². The monoisotopic (exact) mass is 315 g/mol. The Hall–Kier alpha value is -1.94. The third-order valence-corrected chi connectivity index (χ3v) is 4.52. The highest BCUT2D eigenvalue weighted by atomic mass is 35.5. The zero-order valence-corrected chi connectivity index (χ0v) is 13.0. The van der Waals surface area contributed by atoms with Gasteiger partial charge in [-0.3, -0.25) is 4.79 Å². The first-order chi connectivity index (χ1) is 10.8. The normalized spacial score (nSPS) is 15.0. The highest BCUT2D eigenvalue weighted by molar-refractivity contribution is 6.31. The largest absolute Gasteiger partial charge is 0.331 e. The third kappa shape index (κ3) is 3.28. The lowest BCUT2D eigenvalue weighted by atomic mass is 10.1. The predicted octanol–water partition coefficient (Wildman–Crippen LogP) is 3.72. The molecule has 0 N–H and O–H groups in total. The van der Waals surface area contributed by atoms with Gasteiger partial charge in [0.05, 0.1) is 18.0 Å². The molecule has 114 valence electrons. The van der Waals surface area contributed by atoms with E-state index < -0.39 is 0 Å². The van der Waals surface area contributed by atoms with Crippen molar-refractivity contribution < 1.29 is 4.79 Å². The van der Waals surface area contributed by atoms with Crippen LogP contribution in [0.15, 0.2) is 42.7 Å². The maximum absolute atomic E-state index is 12.9. The molecule has 1 aromatic carbocycles. The van der Waals surface area contributed by atoms with Crippen molar-refractivity contribution >= 4 is 17.5 Å². The SMILES string of the molecule is O=C(c1ccnnc1)N(Cc1ccccc1Cl)C1CCCC1. The number of aromatic nitrogens is 2. The molecule has 22 heavy (non-hydrogen) atoms. The van der Waals surface area contributed by atoms with Crippen LogP contribution in [0.5, 0.6) is 0 Å². The lowest BCUT2D eigenvalue weighted by Gasteiger charge is -2.29. The Bertz CT molecular complexity index is 641. The van der Waals surface area contributed by atoms with E-state index in [9.17, 15) is 4.79 Å². The fraction of sp³-hybridized carbons (Fsp3) is 0.353. The van der Waals surface area contributed by atoms with E-state index >= 15 is 0 Å². The molecular formula is C17H18ClN3O. The molecule has 1 fully saturated rings. The van der Waals surface area contributed by atoms with E-state index in [4.69, 9.17) is 11.6 Å². The summed E-state index contributed by atoms with van der Waals surface area (Å²) >= 11 is 6.27. The van der Waals surface area contributed by atoms with Gasteiger partial charge in [-0.25, -0.2) is 0 Å². The van der Waals surface area contributed by atoms with Crippen molar-refractivity contribution in [1.82, 2.24) is 15.1 Å². The molecule has 1 aliphatic carbocycles. The first-order valence-corrected chi connectivity index (χ1v) is 7.94. The van der Waals surface area contributed by atoms with Gasteiger partial charge in [0.2, 0.25) is 0 Å². The van der Waals surface area contributed by atoms with Crippen molar-refractivity contribution in [2.75, 3.05) is 0 Å². The fourth-order valence-electron chi connectivity index (χ4n) is 2.98. The summed E-state index contributed by atoms with van der Waals surface area (Å²) in [6.45, 7) is 0.533. The van der Waals surface area contributed by atoms with Crippen LogP contribution in [0.1, 0.15) is 41.6 Å². The molecule has 0 atom stereocenters. The molecule has 2 aromatic rings. The van der Waals surface area contributed by atoms with Crippen LogP contribution in [0.2, 0.25) is 5.02 Å². The van der Waals surface area contributed by atoms with Crippen LogP contribution in [0.25, 0.3) is 0 Å². The summed E-state index contributed by atoms with van der Waals surface area (Å²) < 4.78 is 0. The van der Waals surface area contributed by atoms with Crippen LogP contribution in [-0.2, 0) is 6.54 Å². The Morgan fingerprint density at radius 3 is 2.64 bits per heavy atom. The van der Waals surface area contributed by atoms with E-state index in [1.54, 1.807) is 12.3 Å². The third-order valence-electron chi connectivity index (χ3n) is 4.16. The van der Waals surface area contributed by atoms with Gasteiger partial charge in [-0.1, -0.05) is 42.6 Å². The van der Waals surface area contributed by atoms with Crippen LogP contribution < -0.4 is 0 Å². The molecule has 0 spiro atoms. The molecule has 0 unspecified atom stereocenters. The van der Waals surface area contributed by atoms with Gasteiger partial charge in [0.1, 0.15) is 0 Å². The number of benzene rings is 1. The summed E-state index contributed by atoms with van der Waals surface area (Å²) in [5.74, 6) is 0.00159. The quantitative estimate of drug-likeness (QED) is 0.864. The molecule has 0 saturated heterocycles. The molecule has 1 aromatic heterocycles. The molecule has 1 saturated carbocycles. The van der Waals surface area contributed by atoms with E-state index in [0.717, 1.165) is 18.4 Å². The minimum Gasteiger partial charge on any atom is -0.331 e. The lowest BCUT2D eigenvalue weighted by Crippen LogP contribution is -2.38. The Morgan fingerprint density at radius 2 is 1.95 bits per heavy atom. The maximum Gasteiger partial charge on any atom is 0.256 e. The number of nitrogens with zero attached hydrogens (tertiary/aromatic N) is 3. The van der Waals surface area contributed by atoms with Crippen LogP contribution in [0.4, 0.5) is 0 Å². The number of hydrogen-bond acceptors (Lipinski definition) is 3. The topological polar surface area (TPSA) is 46.1 Å². The van der Waals surface area contributed by atoms with E-state index in [2.05, 4.69) is 10.2 Å². The number of carbonyl (C=O) groups excluding carboxylic acids is 1. The summed E-state index contributed by atoms with van der Waals surface area (Å²) in [7, 11) is 0. The molecular weight excluding hydrogens is 298 g/mol. The number of amides is 1. The van der Waals surface area contributed by atoms with Crippen LogP contribution in [0, 0.1) is 0 Å². The van der Waals surface area contributed by atoms with Gasteiger partial charge in [0, 0.05) is 17.6 Å². The Balaban J connectivity index is 1.87. The number of carbonyl (C=O) groups is 1. The smallest absolute Gasteiger partial charge is 0.256 e. The molecule has 0 radical (unpaired) electrons. The summed E-state index contributed by atoms with van der Waals surface area (Å²) in [6, 6.07) is 9.68. The van der Waals surface area contributed by atoms with E-state index in [0.29, 0.717) is 17.1 Å². The van der Waals surface area contributed by atoms with Crippen molar-refractivity contribution in [2.24, 2.45) is 0 Å². The second-order valence-electron chi connectivity index (χ2n) is 5.59. The zero-order chi connectivity index (χ0) is 15.4. The summed E-state index contributed by atoms with van der Waals surface area (Å²) in [5.41, 5.74) is 1.56. The first kappa shape index (κ1) is 15.0. The summed E-state index contributed by atoms with van der Waals surface area (Å²) in [4.78, 5) is 14.8. The van der Waals surface area contributed by atoms with E-state index in [1.165, 1.54) is 19.0 Å². The van der Waals surface area contributed by atoms with E-state index in [-0.39, 0.29) is 11.9 Å². The molecule has 4 nitrogen and oxygen atoms in total. The number of rotatable bonds is 4. The fourth-order valence-corrected chi connectivity index (χ4v) is 3.17. The lowest BCUT2D eigenvalue weighted by molar-refractivity contribution is 0.0664. The minimum atomic E-state index is 0.00159. The Labute approximate surface area is 135 Å². The van der Waals surface area contributed by atoms with Crippen molar-refractivity contribution in [3.8, 4) is 0 Å². The second-order valence-corrected chi connectivity index (χ2v) is 6.00. The van der Waals surface area contributed by atoms with Gasteiger partial charge >= 0.3 is 0 Å². The van der Waals surface area contributed by atoms with Crippen molar-refractivity contribution in [3.63, 3.8) is 0 Å². The highest BCUT2D eigenvalue weighted by Gasteiger charge is 2.28. The van der Waals surface area contributed by atoms with Crippen LogP contribution >= 0.6 is 11.6 Å². The minimum absolute atomic E-state index is 0.00159.